The number of hydrogen-bond donors (Lipinski definition) is 0. The number of fused-ring (bicyclic) bond motifs is 2. The van der Waals surface area contributed by atoms with E-state index in [1.807, 2.05) is 0 Å². The van der Waals surface area contributed by atoms with Crippen molar-refractivity contribution in [3.05, 3.63) is 23.8 Å². The minimum absolute atomic E-state index is 0.0536. The number of hydrogen-bond acceptors (Lipinski definition) is 3. The van der Waals surface area contributed by atoms with Crippen molar-refractivity contribution in [3.63, 3.8) is 0 Å². The van der Waals surface area contributed by atoms with E-state index in [1.54, 1.807) is 0 Å². The van der Waals surface area contributed by atoms with Gasteiger partial charge in [-0.15, -0.1) is 0 Å². The summed E-state index contributed by atoms with van der Waals surface area (Å²) < 4.78 is 11.3. The van der Waals surface area contributed by atoms with Crippen LogP contribution in [-0.4, -0.2) is 23.8 Å². The fraction of sp³-hybridized carbons (Fsp3) is 0.667. The quantitative estimate of drug-likeness (QED) is 0.286. The number of epoxide rings is 1. The number of carbonyl (C=O) groups excluding carboxylic acids is 1. The van der Waals surface area contributed by atoms with E-state index in [9.17, 15) is 4.79 Å². The van der Waals surface area contributed by atoms with E-state index in [0.29, 0.717) is 11.7 Å². The first-order chi connectivity index (χ1) is 8.49. The molecule has 4 unspecified atom stereocenters. The Hall–Kier alpha value is -1.09. The molecule has 98 valence electrons. The molecule has 2 aliphatic heterocycles. The molecule has 0 saturated carbocycles. The van der Waals surface area contributed by atoms with Crippen molar-refractivity contribution in [1.82, 2.24) is 0 Å². The molecule has 0 aromatic rings. The van der Waals surface area contributed by atoms with Gasteiger partial charge in [0.2, 0.25) is 0 Å². The first-order valence-electron chi connectivity index (χ1n) is 6.73. The molecule has 0 aromatic heterocycles. The lowest BCUT2D eigenvalue weighted by atomic mass is 9.84. The van der Waals surface area contributed by atoms with Crippen LogP contribution in [0.25, 0.3) is 0 Å². The van der Waals surface area contributed by atoms with Gasteiger partial charge in [-0.1, -0.05) is 18.2 Å². The van der Waals surface area contributed by atoms with Crippen molar-refractivity contribution in [2.45, 2.75) is 57.3 Å². The van der Waals surface area contributed by atoms with E-state index < -0.39 is 0 Å². The summed E-state index contributed by atoms with van der Waals surface area (Å²) in [6, 6.07) is 0. The van der Waals surface area contributed by atoms with Gasteiger partial charge in [0.1, 0.15) is 6.10 Å². The van der Waals surface area contributed by atoms with E-state index in [4.69, 9.17) is 9.47 Å². The Balaban J connectivity index is 1.86. The van der Waals surface area contributed by atoms with Crippen LogP contribution in [0.1, 0.15) is 39.5 Å². The summed E-state index contributed by atoms with van der Waals surface area (Å²) in [5.74, 6) is -0.0941. The van der Waals surface area contributed by atoms with Crippen LogP contribution in [0, 0.1) is 5.92 Å². The summed E-state index contributed by atoms with van der Waals surface area (Å²) in [4.78, 5) is 11.7. The van der Waals surface area contributed by atoms with E-state index in [0.717, 1.165) is 25.7 Å². The Morgan fingerprint density at radius 1 is 1.50 bits per heavy atom. The van der Waals surface area contributed by atoms with Gasteiger partial charge < -0.3 is 9.47 Å². The summed E-state index contributed by atoms with van der Waals surface area (Å²) in [5.41, 5.74) is 1.91. The third kappa shape index (κ3) is 1.91. The van der Waals surface area contributed by atoms with E-state index in [2.05, 4.69) is 26.5 Å². The maximum Gasteiger partial charge on any atom is 0.334 e. The van der Waals surface area contributed by atoms with Gasteiger partial charge in [-0.25, -0.2) is 4.79 Å². The zero-order chi connectivity index (χ0) is 12.9. The van der Waals surface area contributed by atoms with Gasteiger partial charge in [0.05, 0.1) is 11.7 Å². The smallest absolute Gasteiger partial charge is 0.334 e. The maximum absolute atomic E-state index is 11.7. The second-order valence-corrected chi connectivity index (χ2v) is 6.02. The molecule has 3 aliphatic rings. The van der Waals surface area contributed by atoms with Gasteiger partial charge in [0.25, 0.3) is 0 Å². The molecule has 18 heavy (non-hydrogen) atoms. The van der Waals surface area contributed by atoms with Gasteiger partial charge >= 0.3 is 5.97 Å². The minimum Gasteiger partial charge on any atom is -0.458 e. The van der Waals surface area contributed by atoms with Crippen molar-refractivity contribution < 1.29 is 14.3 Å². The van der Waals surface area contributed by atoms with Gasteiger partial charge in [0.15, 0.2) is 0 Å². The topological polar surface area (TPSA) is 38.8 Å². The SMILES string of the molecule is C=C1C(=O)OC2CC3(C)OC3CCC(C)=CCC12. The molecule has 0 radical (unpaired) electrons. The molecule has 0 spiro atoms. The molecule has 0 amide bonds. The largest absolute Gasteiger partial charge is 0.458 e. The molecule has 0 bridgehead atoms. The van der Waals surface area contributed by atoms with Crippen LogP contribution >= 0.6 is 0 Å². The molecule has 0 aromatic carbocycles. The van der Waals surface area contributed by atoms with E-state index in [1.165, 1.54) is 5.57 Å². The first kappa shape index (κ1) is 12.0. The number of rotatable bonds is 0. The van der Waals surface area contributed by atoms with Crippen LogP contribution in [0.2, 0.25) is 0 Å². The van der Waals surface area contributed by atoms with Crippen molar-refractivity contribution in [1.29, 1.82) is 0 Å². The minimum atomic E-state index is -0.226. The lowest BCUT2D eigenvalue weighted by Gasteiger charge is -2.20. The molecule has 3 nitrogen and oxygen atoms in total. The fourth-order valence-corrected chi connectivity index (χ4v) is 3.17. The van der Waals surface area contributed by atoms with Crippen molar-refractivity contribution in [3.8, 4) is 0 Å². The number of allylic oxidation sites excluding steroid dienone is 2. The summed E-state index contributed by atoms with van der Waals surface area (Å²) >= 11 is 0. The Labute approximate surface area is 108 Å². The Morgan fingerprint density at radius 3 is 3.06 bits per heavy atom. The predicted molar refractivity (Wildman–Crippen MR) is 68.0 cm³/mol. The average Bonchev–Trinajstić information content (AvgIpc) is 2.88. The van der Waals surface area contributed by atoms with E-state index >= 15 is 0 Å². The van der Waals surface area contributed by atoms with Gasteiger partial charge in [-0.3, -0.25) is 0 Å². The van der Waals surface area contributed by atoms with Crippen molar-refractivity contribution in [2.75, 3.05) is 0 Å². The number of carbonyl (C=O) groups is 1. The van der Waals surface area contributed by atoms with Crippen LogP contribution in [0.4, 0.5) is 0 Å². The van der Waals surface area contributed by atoms with Crippen molar-refractivity contribution >= 4 is 5.97 Å². The molecule has 3 rings (SSSR count). The summed E-state index contributed by atoms with van der Waals surface area (Å²) in [7, 11) is 0. The Kier molecular flexibility index (Phi) is 2.63. The monoisotopic (exact) mass is 248 g/mol. The molecule has 2 saturated heterocycles. The summed E-state index contributed by atoms with van der Waals surface area (Å²) in [6.07, 6.45) is 6.33. The summed E-state index contributed by atoms with van der Waals surface area (Å²) in [6.45, 7) is 8.17. The molecule has 2 fully saturated rings. The molecule has 0 N–H and O–H groups in total. The lowest BCUT2D eigenvalue weighted by molar-refractivity contribution is -0.139. The third-order valence-electron chi connectivity index (χ3n) is 4.58. The van der Waals surface area contributed by atoms with Gasteiger partial charge in [0, 0.05) is 17.9 Å². The highest BCUT2D eigenvalue weighted by molar-refractivity contribution is 5.90. The highest BCUT2D eigenvalue weighted by Gasteiger charge is 2.55. The molecular weight excluding hydrogens is 228 g/mol. The first-order valence-corrected chi connectivity index (χ1v) is 6.73. The van der Waals surface area contributed by atoms with Crippen LogP contribution < -0.4 is 0 Å². The summed E-state index contributed by atoms with van der Waals surface area (Å²) in [5, 5.41) is 0. The van der Waals surface area contributed by atoms with Crippen LogP contribution in [-0.2, 0) is 14.3 Å². The van der Waals surface area contributed by atoms with Crippen LogP contribution in [0.3, 0.4) is 0 Å². The fourth-order valence-electron chi connectivity index (χ4n) is 3.17. The lowest BCUT2D eigenvalue weighted by Crippen LogP contribution is -2.25. The third-order valence-corrected chi connectivity index (χ3v) is 4.58. The molecule has 2 heterocycles. The number of esters is 1. The van der Waals surface area contributed by atoms with Gasteiger partial charge in [-0.05, 0) is 33.1 Å². The maximum atomic E-state index is 11.7. The standard InChI is InChI=1S/C15H20O3/c1-9-4-6-11-10(2)14(16)17-12(11)8-15(3)13(18-15)7-5-9/h4,11-13H,2,5-8H2,1,3H3. The normalized spacial score (nSPS) is 43.7. The van der Waals surface area contributed by atoms with Gasteiger partial charge in [-0.2, -0.15) is 0 Å². The molecule has 3 heteroatoms. The van der Waals surface area contributed by atoms with Crippen LogP contribution in [0.15, 0.2) is 23.8 Å². The Bertz CT molecular complexity index is 437. The zero-order valence-electron chi connectivity index (χ0n) is 11.1. The predicted octanol–water partition coefficient (Wildman–Crippen LogP) is 2.76. The molecule has 1 aliphatic carbocycles. The number of ether oxygens (including phenoxy) is 2. The molecule has 4 atom stereocenters. The van der Waals surface area contributed by atoms with Crippen LogP contribution in [0.5, 0.6) is 0 Å². The second kappa shape index (κ2) is 3.95. The van der Waals surface area contributed by atoms with Crippen molar-refractivity contribution in [2.24, 2.45) is 5.92 Å². The average molecular weight is 248 g/mol. The van der Waals surface area contributed by atoms with E-state index in [-0.39, 0.29) is 23.6 Å². The molecular formula is C15H20O3. The highest BCUT2D eigenvalue weighted by atomic mass is 16.6. The second-order valence-electron chi connectivity index (χ2n) is 6.02. The Morgan fingerprint density at radius 2 is 2.28 bits per heavy atom. The zero-order valence-corrected chi connectivity index (χ0v) is 11.1. The highest BCUT2D eigenvalue weighted by Crippen LogP contribution is 2.47.